The van der Waals surface area contributed by atoms with Crippen LogP contribution in [-0.4, -0.2) is 34.7 Å². The van der Waals surface area contributed by atoms with Crippen molar-refractivity contribution in [1.82, 2.24) is 5.32 Å². The minimum atomic E-state index is -1.26. The molecule has 0 bridgehead atoms. The summed E-state index contributed by atoms with van der Waals surface area (Å²) in [5.41, 5.74) is 0. The van der Waals surface area contributed by atoms with E-state index in [-0.39, 0.29) is 0 Å². The highest BCUT2D eigenvalue weighted by atomic mass is 32.1. The molecular weight excluding hydrogens is 262 g/mol. The van der Waals surface area contributed by atoms with Gasteiger partial charge in [-0.05, 0) is 17.5 Å². The molecule has 2 aromatic heterocycles. The molecule has 2 aromatic rings. The van der Waals surface area contributed by atoms with E-state index in [2.05, 4.69) is 5.32 Å². The van der Waals surface area contributed by atoms with Crippen LogP contribution >= 0.6 is 22.7 Å². The topological polar surface area (TPSA) is 86.6 Å². The molecule has 0 saturated carbocycles. The fourth-order valence-corrected chi connectivity index (χ4v) is 3.30. The second kappa shape index (κ2) is 4.82. The number of carboxylic acid groups (broad SMARTS) is 1. The monoisotopic (exact) mass is 271 g/mol. The van der Waals surface area contributed by atoms with Crippen LogP contribution in [0.4, 0.5) is 0 Å². The molecule has 0 aliphatic carbocycles. The van der Waals surface area contributed by atoms with Crippen LogP contribution in [0.25, 0.3) is 9.40 Å². The molecule has 1 atom stereocenters. The maximum absolute atomic E-state index is 11.7. The largest absolute Gasteiger partial charge is 0.480 e. The van der Waals surface area contributed by atoms with E-state index in [1.165, 1.54) is 22.7 Å². The van der Waals surface area contributed by atoms with Gasteiger partial charge in [0.05, 0.1) is 11.5 Å². The first-order valence-electron chi connectivity index (χ1n) is 4.73. The number of aliphatic carboxylic acids is 1. The number of nitrogens with one attached hydrogen (secondary N) is 1. The lowest BCUT2D eigenvalue weighted by Gasteiger charge is -2.10. The number of carbonyl (C=O) groups is 2. The molecule has 1 amide bonds. The zero-order chi connectivity index (χ0) is 12.4. The molecule has 0 aliphatic rings. The lowest BCUT2D eigenvalue weighted by atomic mass is 10.3. The third-order valence-corrected chi connectivity index (χ3v) is 4.24. The number of carboxylic acids is 1. The number of rotatable bonds is 4. The van der Waals surface area contributed by atoms with E-state index in [0.717, 1.165) is 9.40 Å². The Morgan fingerprint density at radius 3 is 2.76 bits per heavy atom. The van der Waals surface area contributed by atoms with Crippen LogP contribution in [-0.2, 0) is 4.79 Å². The molecule has 90 valence electrons. The Kier molecular flexibility index (Phi) is 3.41. The average Bonchev–Trinajstić information content (AvgIpc) is 2.84. The SMILES string of the molecule is O=C(N[C@H](CO)C(=O)O)c1cc2sccc2s1. The molecule has 7 heteroatoms. The Morgan fingerprint density at radius 1 is 1.41 bits per heavy atom. The van der Waals surface area contributed by atoms with Gasteiger partial charge in [-0.1, -0.05) is 0 Å². The number of amides is 1. The molecule has 0 aromatic carbocycles. The van der Waals surface area contributed by atoms with E-state index in [4.69, 9.17) is 10.2 Å². The van der Waals surface area contributed by atoms with Gasteiger partial charge in [0.1, 0.15) is 0 Å². The second-order valence-corrected chi connectivity index (χ2v) is 5.34. The quantitative estimate of drug-likeness (QED) is 0.778. The van der Waals surface area contributed by atoms with Crippen LogP contribution in [0, 0.1) is 0 Å². The number of thiophene rings is 2. The van der Waals surface area contributed by atoms with Crippen LogP contribution in [0.15, 0.2) is 17.5 Å². The maximum atomic E-state index is 11.7. The molecule has 0 spiro atoms. The van der Waals surface area contributed by atoms with Crippen molar-refractivity contribution in [2.75, 3.05) is 6.61 Å². The Labute approximate surface area is 104 Å². The van der Waals surface area contributed by atoms with Gasteiger partial charge < -0.3 is 15.5 Å². The summed E-state index contributed by atoms with van der Waals surface area (Å²) >= 11 is 2.82. The Morgan fingerprint density at radius 2 is 2.18 bits per heavy atom. The van der Waals surface area contributed by atoms with E-state index in [0.29, 0.717) is 4.88 Å². The number of fused-ring (bicyclic) bond motifs is 1. The predicted octanol–water partition coefficient (Wildman–Crippen LogP) is 1.14. The van der Waals surface area contributed by atoms with Crippen molar-refractivity contribution < 1.29 is 19.8 Å². The van der Waals surface area contributed by atoms with Crippen molar-refractivity contribution >= 4 is 43.9 Å². The van der Waals surface area contributed by atoms with E-state index in [9.17, 15) is 9.59 Å². The zero-order valence-corrected chi connectivity index (χ0v) is 10.2. The van der Waals surface area contributed by atoms with Crippen molar-refractivity contribution in [2.24, 2.45) is 0 Å². The fraction of sp³-hybridized carbons (Fsp3) is 0.200. The standard InChI is InChI=1S/C10H9NO4S2/c12-4-5(10(14)15)11-9(13)8-3-7-6(17-8)1-2-16-7/h1-3,5,12H,4H2,(H,11,13)(H,14,15)/t5-/m1/s1. The molecular formula is C10H9NO4S2. The summed E-state index contributed by atoms with van der Waals surface area (Å²) < 4.78 is 1.99. The fourth-order valence-electron chi connectivity index (χ4n) is 1.29. The van der Waals surface area contributed by atoms with Gasteiger partial charge in [-0.3, -0.25) is 4.79 Å². The summed E-state index contributed by atoms with van der Waals surface area (Å²) in [5.74, 6) is -1.72. The third-order valence-electron chi connectivity index (χ3n) is 2.15. The molecule has 0 fully saturated rings. The van der Waals surface area contributed by atoms with E-state index in [1.54, 1.807) is 6.07 Å². The highest BCUT2D eigenvalue weighted by Gasteiger charge is 2.20. The first-order valence-corrected chi connectivity index (χ1v) is 6.43. The number of hydrogen-bond donors (Lipinski definition) is 3. The smallest absolute Gasteiger partial charge is 0.328 e. The number of aliphatic hydroxyl groups excluding tert-OH is 1. The van der Waals surface area contributed by atoms with Crippen LogP contribution in [0.1, 0.15) is 9.67 Å². The molecule has 0 unspecified atom stereocenters. The lowest BCUT2D eigenvalue weighted by molar-refractivity contribution is -0.140. The number of hydrogen-bond acceptors (Lipinski definition) is 5. The summed E-state index contributed by atoms with van der Waals surface area (Å²) in [6, 6.07) is 2.36. The molecule has 2 heterocycles. The van der Waals surface area contributed by atoms with Gasteiger partial charge in [0, 0.05) is 9.40 Å². The molecule has 3 N–H and O–H groups in total. The zero-order valence-electron chi connectivity index (χ0n) is 8.54. The first kappa shape index (κ1) is 12.0. The predicted molar refractivity (Wildman–Crippen MR) is 65.7 cm³/mol. The van der Waals surface area contributed by atoms with E-state index in [1.807, 2.05) is 11.4 Å². The van der Waals surface area contributed by atoms with Gasteiger partial charge in [-0.25, -0.2) is 4.79 Å². The Balaban J connectivity index is 2.15. The number of carbonyl (C=O) groups excluding carboxylic acids is 1. The van der Waals surface area contributed by atoms with Crippen molar-refractivity contribution in [3.05, 3.63) is 22.4 Å². The minimum Gasteiger partial charge on any atom is -0.480 e. The summed E-state index contributed by atoms with van der Waals surface area (Å²) in [5, 5.41) is 21.7. The normalized spacial score (nSPS) is 12.5. The van der Waals surface area contributed by atoms with Crippen molar-refractivity contribution in [3.63, 3.8) is 0 Å². The Hall–Kier alpha value is -1.44. The molecule has 17 heavy (non-hydrogen) atoms. The minimum absolute atomic E-state index is 0.451. The van der Waals surface area contributed by atoms with Crippen LogP contribution in [0.3, 0.4) is 0 Å². The lowest BCUT2D eigenvalue weighted by Crippen LogP contribution is -2.43. The molecule has 2 rings (SSSR count). The molecule has 0 aliphatic heterocycles. The summed E-state index contributed by atoms with van der Waals surface area (Å²) in [6.45, 7) is -0.624. The van der Waals surface area contributed by atoms with Crippen LogP contribution < -0.4 is 5.32 Å². The number of aliphatic hydroxyl groups is 1. The van der Waals surface area contributed by atoms with E-state index >= 15 is 0 Å². The Bertz CT molecular complexity index is 531. The van der Waals surface area contributed by atoms with Gasteiger partial charge in [0.15, 0.2) is 6.04 Å². The first-order chi connectivity index (χ1) is 8.11. The van der Waals surface area contributed by atoms with Crippen molar-refractivity contribution in [1.29, 1.82) is 0 Å². The van der Waals surface area contributed by atoms with Gasteiger partial charge in [0.25, 0.3) is 5.91 Å². The summed E-state index contributed by atoms with van der Waals surface area (Å²) in [4.78, 5) is 22.8. The molecule has 5 nitrogen and oxygen atoms in total. The van der Waals surface area contributed by atoms with Crippen LogP contribution in [0.5, 0.6) is 0 Å². The maximum Gasteiger partial charge on any atom is 0.328 e. The second-order valence-electron chi connectivity index (χ2n) is 3.31. The van der Waals surface area contributed by atoms with Crippen molar-refractivity contribution in [2.45, 2.75) is 6.04 Å². The molecule has 0 saturated heterocycles. The van der Waals surface area contributed by atoms with Gasteiger partial charge >= 0.3 is 5.97 Å². The highest BCUT2D eigenvalue weighted by Crippen LogP contribution is 2.29. The van der Waals surface area contributed by atoms with Crippen molar-refractivity contribution in [3.8, 4) is 0 Å². The average molecular weight is 271 g/mol. The van der Waals surface area contributed by atoms with Gasteiger partial charge in [-0.2, -0.15) is 0 Å². The summed E-state index contributed by atoms with van der Waals surface area (Å²) in [6.07, 6.45) is 0. The van der Waals surface area contributed by atoms with Crippen LogP contribution in [0.2, 0.25) is 0 Å². The van der Waals surface area contributed by atoms with Gasteiger partial charge in [0.2, 0.25) is 0 Å². The van der Waals surface area contributed by atoms with E-state index < -0.39 is 24.5 Å². The third kappa shape index (κ3) is 2.46. The molecule has 0 radical (unpaired) electrons. The summed E-state index contributed by atoms with van der Waals surface area (Å²) in [7, 11) is 0. The highest BCUT2D eigenvalue weighted by molar-refractivity contribution is 7.27. The van der Waals surface area contributed by atoms with Gasteiger partial charge in [-0.15, -0.1) is 22.7 Å².